The van der Waals surface area contributed by atoms with Crippen molar-refractivity contribution in [2.45, 2.75) is 6.61 Å². The van der Waals surface area contributed by atoms with E-state index in [1.54, 1.807) is 6.20 Å². The number of fused-ring (bicyclic) bond motifs is 1. The standard InChI is InChI=1S/C19H14N2O2/c1-2-6-18-17(5-1)21-19(23-18)13-22-16-9-7-14(8-10-16)15-4-3-11-20-12-15/h1-12H,13H2. The Labute approximate surface area is 133 Å². The average Bonchev–Trinajstić information content (AvgIpc) is 3.04. The van der Waals surface area contributed by atoms with Crippen molar-refractivity contribution in [2.24, 2.45) is 0 Å². The third kappa shape index (κ3) is 2.92. The molecule has 23 heavy (non-hydrogen) atoms. The van der Waals surface area contributed by atoms with E-state index in [0.717, 1.165) is 28.0 Å². The van der Waals surface area contributed by atoms with Gasteiger partial charge in [0.15, 0.2) is 12.2 Å². The number of oxazole rings is 1. The van der Waals surface area contributed by atoms with Crippen LogP contribution in [0.1, 0.15) is 5.89 Å². The van der Waals surface area contributed by atoms with Crippen LogP contribution < -0.4 is 4.74 Å². The maximum Gasteiger partial charge on any atom is 0.233 e. The van der Waals surface area contributed by atoms with E-state index in [0.29, 0.717) is 12.5 Å². The second-order valence-electron chi connectivity index (χ2n) is 5.13. The van der Waals surface area contributed by atoms with Crippen LogP contribution in [0.15, 0.2) is 77.5 Å². The molecule has 0 aliphatic carbocycles. The molecular weight excluding hydrogens is 288 g/mol. The van der Waals surface area contributed by atoms with Crippen molar-refractivity contribution in [3.05, 3.63) is 78.9 Å². The molecule has 0 spiro atoms. The van der Waals surface area contributed by atoms with Gasteiger partial charge >= 0.3 is 0 Å². The van der Waals surface area contributed by atoms with Crippen molar-refractivity contribution in [1.29, 1.82) is 0 Å². The van der Waals surface area contributed by atoms with E-state index in [4.69, 9.17) is 9.15 Å². The number of rotatable bonds is 4. The molecule has 0 N–H and O–H groups in total. The molecule has 0 bridgehead atoms. The summed E-state index contributed by atoms with van der Waals surface area (Å²) >= 11 is 0. The van der Waals surface area contributed by atoms with Crippen molar-refractivity contribution in [3.63, 3.8) is 0 Å². The van der Waals surface area contributed by atoms with Gasteiger partial charge in [-0.1, -0.05) is 30.3 Å². The van der Waals surface area contributed by atoms with Crippen LogP contribution in [0.4, 0.5) is 0 Å². The molecule has 0 aliphatic heterocycles. The van der Waals surface area contributed by atoms with E-state index < -0.39 is 0 Å². The number of benzene rings is 2. The normalized spacial score (nSPS) is 10.8. The van der Waals surface area contributed by atoms with Gasteiger partial charge in [0, 0.05) is 12.4 Å². The molecule has 0 atom stereocenters. The van der Waals surface area contributed by atoms with Crippen LogP contribution in [0.25, 0.3) is 22.2 Å². The van der Waals surface area contributed by atoms with Gasteiger partial charge in [0.05, 0.1) is 0 Å². The zero-order chi connectivity index (χ0) is 15.5. The summed E-state index contributed by atoms with van der Waals surface area (Å²) in [4.78, 5) is 8.52. The fourth-order valence-electron chi connectivity index (χ4n) is 2.40. The summed E-state index contributed by atoms with van der Waals surface area (Å²) in [6, 6.07) is 19.5. The van der Waals surface area contributed by atoms with Crippen molar-refractivity contribution >= 4 is 11.1 Å². The van der Waals surface area contributed by atoms with E-state index in [9.17, 15) is 0 Å². The third-order valence-corrected chi connectivity index (χ3v) is 3.55. The second-order valence-corrected chi connectivity index (χ2v) is 5.13. The SMILES string of the molecule is c1cncc(-c2ccc(OCc3nc4ccccc4o3)cc2)c1. The van der Waals surface area contributed by atoms with Gasteiger partial charge in [-0.05, 0) is 41.5 Å². The highest BCUT2D eigenvalue weighted by Gasteiger charge is 2.06. The Morgan fingerprint density at radius 1 is 0.870 bits per heavy atom. The van der Waals surface area contributed by atoms with Crippen molar-refractivity contribution in [1.82, 2.24) is 9.97 Å². The molecule has 112 valence electrons. The smallest absolute Gasteiger partial charge is 0.233 e. The average molecular weight is 302 g/mol. The molecular formula is C19H14N2O2. The van der Waals surface area contributed by atoms with Gasteiger partial charge < -0.3 is 9.15 Å². The number of aromatic nitrogens is 2. The van der Waals surface area contributed by atoms with Crippen LogP contribution in [-0.4, -0.2) is 9.97 Å². The van der Waals surface area contributed by atoms with Crippen LogP contribution >= 0.6 is 0 Å². The minimum atomic E-state index is 0.306. The van der Waals surface area contributed by atoms with Gasteiger partial charge in [-0.15, -0.1) is 0 Å². The van der Waals surface area contributed by atoms with Crippen molar-refractivity contribution < 1.29 is 9.15 Å². The Kier molecular flexibility index (Phi) is 3.48. The molecule has 2 heterocycles. The molecule has 0 saturated heterocycles. The number of pyridine rings is 1. The minimum absolute atomic E-state index is 0.306. The van der Waals surface area contributed by atoms with E-state index in [-0.39, 0.29) is 0 Å². The lowest BCUT2D eigenvalue weighted by molar-refractivity contribution is 0.267. The molecule has 0 radical (unpaired) electrons. The quantitative estimate of drug-likeness (QED) is 0.558. The summed E-state index contributed by atoms with van der Waals surface area (Å²) in [7, 11) is 0. The Hall–Kier alpha value is -3.14. The van der Waals surface area contributed by atoms with Gasteiger partial charge in [0.2, 0.25) is 5.89 Å². The molecule has 2 aromatic heterocycles. The predicted octanol–water partition coefficient (Wildman–Crippen LogP) is 4.47. The first-order valence-corrected chi connectivity index (χ1v) is 7.36. The molecule has 4 nitrogen and oxygen atoms in total. The first-order chi connectivity index (χ1) is 11.4. The Bertz CT molecular complexity index is 882. The summed E-state index contributed by atoms with van der Waals surface area (Å²) in [5.41, 5.74) is 3.81. The van der Waals surface area contributed by atoms with Gasteiger partial charge in [0.1, 0.15) is 11.3 Å². The highest BCUT2D eigenvalue weighted by atomic mass is 16.5. The Morgan fingerprint density at radius 2 is 1.74 bits per heavy atom. The highest BCUT2D eigenvalue weighted by molar-refractivity contribution is 5.72. The third-order valence-electron chi connectivity index (χ3n) is 3.55. The van der Waals surface area contributed by atoms with Crippen LogP contribution in [0, 0.1) is 0 Å². The molecule has 0 fully saturated rings. The van der Waals surface area contributed by atoms with Crippen molar-refractivity contribution in [2.75, 3.05) is 0 Å². The summed E-state index contributed by atoms with van der Waals surface area (Å²) in [5, 5.41) is 0. The topological polar surface area (TPSA) is 48.2 Å². The molecule has 0 amide bonds. The fraction of sp³-hybridized carbons (Fsp3) is 0.0526. The monoisotopic (exact) mass is 302 g/mol. The van der Waals surface area contributed by atoms with E-state index in [1.165, 1.54) is 0 Å². The van der Waals surface area contributed by atoms with Crippen LogP contribution in [0.3, 0.4) is 0 Å². The van der Waals surface area contributed by atoms with Crippen LogP contribution in [0.2, 0.25) is 0 Å². The predicted molar refractivity (Wildman–Crippen MR) is 88.0 cm³/mol. The Morgan fingerprint density at radius 3 is 2.52 bits per heavy atom. The lowest BCUT2D eigenvalue weighted by Gasteiger charge is -2.05. The zero-order valence-corrected chi connectivity index (χ0v) is 12.3. The van der Waals surface area contributed by atoms with E-state index in [1.807, 2.05) is 66.9 Å². The molecule has 0 saturated carbocycles. The lowest BCUT2D eigenvalue weighted by Crippen LogP contribution is -1.95. The molecule has 2 aromatic carbocycles. The number of hydrogen-bond donors (Lipinski definition) is 0. The van der Waals surface area contributed by atoms with Gasteiger partial charge in [-0.25, -0.2) is 4.98 Å². The first kappa shape index (κ1) is 13.5. The number of nitrogens with zero attached hydrogens (tertiary/aromatic N) is 2. The molecule has 4 heteroatoms. The fourth-order valence-corrected chi connectivity index (χ4v) is 2.40. The van der Waals surface area contributed by atoms with Gasteiger partial charge in [-0.2, -0.15) is 0 Å². The summed E-state index contributed by atoms with van der Waals surface area (Å²) in [6.07, 6.45) is 3.61. The van der Waals surface area contributed by atoms with Gasteiger partial charge in [-0.3, -0.25) is 4.98 Å². The maximum atomic E-state index is 5.74. The lowest BCUT2D eigenvalue weighted by atomic mass is 10.1. The zero-order valence-electron chi connectivity index (χ0n) is 12.3. The Balaban J connectivity index is 1.47. The molecule has 0 unspecified atom stereocenters. The minimum Gasteiger partial charge on any atom is -0.484 e. The molecule has 0 aliphatic rings. The number of para-hydroxylation sites is 2. The number of hydrogen-bond acceptors (Lipinski definition) is 4. The molecule has 4 rings (SSSR count). The maximum absolute atomic E-state index is 5.74. The first-order valence-electron chi connectivity index (χ1n) is 7.36. The van der Waals surface area contributed by atoms with Gasteiger partial charge in [0.25, 0.3) is 0 Å². The van der Waals surface area contributed by atoms with Crippen molar-refractivity contribution in [3.8, 4) is 16.9 Å². The second kappa shape index (κ2) is 5.93. The summed E-state index contributed by atoms with van der Waals surface area (Å²) in [5.74, 6) is 1.35. The largest absolute Gasteiger partial charge is 0.484 e. The van der Waals surface area contributed by atoms with Crippen LogP contribution in [-0.2, 0) is 6.61 Å². The van der Waals surface area contributed by atoms with E-state index >= 15 is 0 Å². The van der Waals surface area contributed by atoms with Crippen LogP contribution in [0.5, 0.6) is 5.75 Å². The molecule has 4 aromatic rings. The summed E-state index contributed by atoms with van der Waals surface area (Å²) < 4.78 is 11.4. The number of ether oxygens (including phenoxy) is 1. The van der Waals surface area contributed by atoms with E-state index in [2.05, 4.69) is 9.97 Å². The summed E-state index contributed by atoms with van der Waals surface area (Å²) in [6.45, 7) is 0.306. The highest BCUT2D eigenvalue weighted by Crippen LogP contribution is 2.22.